The highest BCUT2D eigenvalue weighted by atomic mass is 32.1. The van der Waals surface area contributed by atoms with Crippen LogP contribution in [-0.4, -0.2) is 27.4 Å². The summed E-state index contributed by atoms with van der Waals surface area (Å²) in [5, 5.41) is 1.49. The zero-order valence-electron chi connectivity index (χ0n) is 15.7. The van der Waals surface area contributed by atoms with Gasteiger partial charge in [-0.05, 0) is 49.5 Å². The number of para-hydroxylation sites is 1. The first-order valence-corrected chi connectivity index (χ1v) is 9.26. The molecule has 6 nitrogen and oxygen atoms in total. The average Bonchev–Trinajstić information content (AvgIpc) is 3.14. The molecule has 0 aliphatic heterocycles. The number of benzene rings is 2. The number of nitrogens with zero attached hydrogens (tertiary/aromatic N) is 2. The van der Waals surface area contributed by atoms with E-state index in [0.717, 1.165) is 11.0 Å². The lowest BCUT2D eigenvalue weighted by atomic mass is 10.1. The number of nitrogens with one attached hydrogen (secondary N) is 1. The number of fused-ring (bicyclic) bond motifs is 2. The van der Waals surface area contributed by atoms with E-state index in [-0.39, 0.29) is 17.5 Å². The SMILES string of the molecule is CC(c1cc2ccccc2o1)N(C)C(=O)c1ccc2c(=O)n(C)c(=S)[nH]c2c1. The van der Waals surface area contributed by atoms with E-state index >= 15 is 0 Å². The molecule has 0 bridgehead atoms. The van der Waals surface area contributed by atoms with E-state index in [9.17, 15) is 9.59 Å². The molecule has 0 fully saturated rings. The van der Waals surface area contributed by atoms with E-state index < -0.39 is 0 Å². The Morgan fingerprint density at radius 3 is 2.71 bits per heavy atom. The lowest BCUT2D eigenvalue weighted by molar-refractivity contribution is 0.0727. The van der Waals surface area contributed by atoms with Gasteiger partial charge in [0.25, 0.3) is 11.5 Å². The Labute approximate surface area is 166 Å². The van der Waals surface area contributed by atoms with Gasteiger partial charge in [-0.3, -0.25) is 14.2 Å². The molecule has 1 atom stereocenters. The van der Waals surface area contributed by atoms with Gasteiger partial charge in [-0.25, -0.2) is 0 Å². The van der Waals surface area contributed by atoms with Gasteiger partial charge in [-0.1, -0.05) is 18.2 Å². The van der Waals surface area contributed by atoms with Crippen LogP contribution in [0.15, 0.2) is 57.7 Å². The van der Waals surface area contributed by atoms with Crippen LogP contribution in [0.2, 0.25) is 0 Å². The molecule has 0 aliphatic rings. The van der Waals surface area contributed by atoms with Gasteiger partial charge < -0.3 is 14.3 Å². The van der Waals surface area contributed by atoms with Crippen molar-refractivity contribution in [2.24, 2.45) is 7.05 Å². The van der Waals surface area contributed by atoms with Gasteiger partial charge in [0, 0.05) is 25.0 Å². The number of carbonyl (C=O) groups is 1. The van der Waals surface area contributed by atoms with Crippen molar-refractivity contribution in [2.45, 2.75) is 13.0 Å². The second-order valence-corrected chi connectivity index (χ2v) is 7.22. The fourth-order valence-corrected chi connectivity index (χ4v) is 3.41. The van der Waals surface area contributed by atoms with Crippen LogP contribution in [0.4, 0.5) is 0 Å². The minimum absolute atomic E-state index is 0.171. The number of hydrogen-bond acceptors (Lipinski definition) is 4. The molecule has 28 heavy (non-hydrogen) atoms. The van der Waals surface area contributed by atoms with Crippen LogP contribution >= 0.6 is 12.2 Å². The normalized spacial score (nSPS) is 12.4. The van der Waals surface area contributed by atoms with Crippen molar-refractivity contribution in [3.8, 4) is 0 Å². The summed E-state index contributed by atoms with van der Waals surface area (Å²) in [6.07, 6.45) is 0. The Morgan fingerprint density at radius 2 is 1.96 bits per heavy atom. The van der Waals surface area contributed by atoms with Crippen LogP contribution in [0, 0.1) is 4.77 Å². The Kier molecular flexibility index (Phi) is 4.39. The first-order valence-electron chi connectivity index (χ1n) is 8.85. The zero-order valence-corrected chi connectivity index (χ0v) is 16.5. The molecule has 1 unspecified atom stereocenters. The van der Waals surface area contributed by atoms with Crippen molar-refractivity contribution in [1.29, 1.82) is 0 Å². The monoisotopic (exact) mass is 393 g/mol. The smallest absolute Gasteiger partial charge is 0.261 e. The predicted molar refractivity (Wildman–Crippen MR) is 111 cm³/mol. The number of furan rings is 1. The van der Waals surface area contributed by atoms with E-state index in [1.165, 1.54) is 4.57 Å². The first-order chi connectivity index (χ1) is 13.4. The molecule has 2 aromatic carbocycles. The molecule has 1 amide bonds. The Morgan fingerprint density at radius 1 is 1.21 bits per heavy atom. The molecule has 1 N–H and O–H groups in total. The fraction of sp³-hybridized carbons (Fsp3) is 0.190. The highest BCUT2D eigenvalue weighted by molar-refractivity contribution is 7.71. The Bertz CT molecular complexity index is 1300. The molecule has 0 saturated carbocycles. The molecule has 0 aliphatic carbocycles. The summed E-state index contributed by atoms with van der Waals surface area (Å²) in [4.78, 5) is 29.9. The van der Waals surface area contributed by atoms with Crippen molar-refractivity contribution in [1.82, 2.24) is 14.5 Å². The quantitative estimate of drug-likeness (QED) is 0.530. The van der Waals surface area contributed by atoms with E-state index in [1.54, 1.807) is 37.2 Å². The van der Waals surface area contributed by atoms with E-state index in [0.29, 0.717) is 27.0 Å². The van der Waals surface area contributed by atoms with Crippen molar-refractivity contribution < 1.29 is 9.21 Å². The summed E-state index contributed by atoms with van der Waals surface area (Å²) < 4.78 is 7.58. The molecule has 0 saturated heterocycles. The third-order valence-electron chi connectivity index (χ3n) is 5.11. The maximum absolute atomic E-state index is 13.0. The standard InChI is InChI=1S/C21H19N3O3S/c1-12(18-11-13-6-4-5-7-17(13)27-18)23(2)19(25)14-8-9-15-16(10-14)22-21(28)24(3)20(15)26/h4-12H,1-3H3,(H,22,28). The summed E-state index contributed by atoms with van der Waals surface area (Å²) in [5.74, 6) is 0.543. The number of aromatic amines is 1. The lowest BCUT2D eigenvalue weighted by Gasteiger charge is -2.23. The van der Waals surface area contributed by atoms with Crippen LogP contribution in [0.3, 0.4) is 0 Å². The van der Waals surface area contributed by atoms with E-state index in [4.69, 9.17) is 16.6 Å². The number of aromatic nitrogens is 2. The van der Waals surface area contributed by atoms with E-state index in [2.05, 4.69) is 4.98 Å². The van der Waals surface area contributed by atoms with Crippen LogP contribution in [-0.2, 0) is 7.05 Å². The van der Waals surface area contributed by atoms with Gasteiger partial charge in [-0.15, -0.1) is 0 Å². The number of H-pyrrole nitrogens is 1. The van der Waals surface area contributed by atoms with Crippen molar-refractivity contribution in [3.05, 3.63) is 75.0 Å². The van der Waals surface area contributed by atoms with Gasteiger partial charge in [0.15, 0.2) is 4.77 Å². The van der Waals surface area contributed by atoms with Crippen LogP contribution in [0.25, 0.3) is 21.9 Å². The van der Waals surface area contributed by atoms with Crippen LogP contribution in [0.5, 0.6) is 0 Å². The molecule has 7 heteroatoms. The molecule has 4 aromatic rings. The van der Waals surface area contributed by atoms with Gasteiger partial charge in [0.1, 0.15) is 11.3 Å². The average molecular weight is 393 g/mol. The summed E-state index contributed by atoms with van der Waals surface area (Å²) >= 11 is 5.17. The highest BCUT2D eigenvalue weighted by Crippen LogP contribution is 2.27. The molecule has 0 radical (unpaired) electrons. The summed E-state index contributed by atoms with van der Waals surface area (Å²) in [6.45, 7) is 1.92. The molecule has 4 rings (SSSR count). The summed E-state index contributed by atoms with van der Waals surface area (Å²) in [7, 11) is 3.35. The van der Waals surface area contributed by atoms with Crippen LogP contribution in [0.1, 0.15) is 29.1 Å². The molecular formula is C21H19N3O3S. The zero-order chi connectivity index (χ0) is 20.0. The third kappa shape index (κ3) is 2.93. The Balaban J connectivity index is 1.68. The summed E-state index contributed by atoms with van der Waals surface area (Å²) in [5.41, 5.74) is 1.61. The maximum Gasteiger partial charge on any atom is 0.261 e. The van der Waals surface area contributed by atoms with Crippen molar-refractivity contribution >= 4 is 40.0 Å². The van der Waals surface area contributed by atoms with E-state index in [1.807, 2.05) is 37.3 Å². The molecule has 2 heterocycles. The van der Waals surface area contributed by atoms with Gasteiger partial charge in [-0.2, -0.15) is 0 Å². The fourth-order valence-electron chi connectivity index (χ4n) is 3.22. The second-order valence-electron chi connectivity index (χ2n) is 6.83. The van der Waals surface area contributed by atoms with Crippen molar-refractivity contribution in [2.75, 3.05) is 7.05 Å². The number of carbonyl (C=O) groups excluding carboxylic acids is 1. The predicted octanol–water partition coefficient (Wildman–Crippen LogP) is 4.18. The van der Waals surface area contributed by atoms with Gasteiger partial charge >= 0.3 is 0 Å². The van der Waals surface area contributed by atoms with Gasteiger partial charge in [0.2, 0.25) is 0 Å². The first kappa shape index (κ1) is 18.2. The number of rotatable bonds is 3. The minimum Gasteiger partial charge on any atom is -0.459 e. The lowest BCUT2D eigenvalue weighted by Crippen LogP contribution is -2.29. The number of hydrogen-bond donors (Lipinski definition) is 1. The highest BCUT2D eigenvalue weighted by Gasteiger charge is 2.22. The van der Waals surface area contributed by atoms with Crippen molar-refractivity contribution in [3.63, 3.8) is 0 Å². The molecule has 142 valence electrons. The molecule has 2 aromatic heterocycles. The number of amides is 1. The topological polar surface area (TPSA) is 71.2 Å². The second kappa shape index (κ2) is 6.76. The van der Waals surface area contributed by atoms with Gasteiger partial charge in [0.05, 0.1) is 16.9 Å². The largest absolute Gasteiger partial charge is 0.459 e. The third-order valence-corrected chi connectivity index (χ3v) is 5.48. The maximum atomic E-state index is 13.0. The Hall–Kier alpha value is -3.19. The minimum atomic E-state index is -0.252. The molecular weight excluding hydrogens is 374 g/mol. The summed E-state index contributed by atoms with van der Waals surface area (Å²) in [6, 6.07) is 14.4. The molecule has 0 spiro atoms. The van der Waals surface area contributed by atoms with Crippen LogP contribution < -0.4 is 5.56 Å².